The molecule has 0 spiro atoms. The summed E-state index contributed by atoms with van der Waals surface area (Å²) < 4.78 is 7.62. The first kappa shape index (κ1) is 20.4. The first-order valence-electron chi connectivity index (χ1n) is 8.92. The molecule has 1 aliphatic heterocycles. The van der Waals surface area contributed by atoms with Crippen LogP contribution in [0.4, 0.5) is 0 Å². The summed E-state index contributed by atoms with van der Waals surface area (Å²) in [7, 11) is 0. The molecule has 0 atom stereocenters. The number of para-hydroxylation sites is 1. The minimum atomic E-state index is -0.00168. The van der Waals surface area contributed by atoms with Crippen molar-refractivity contribution in [3.05, 3.63) is 47.8 Å². The fraction of sp³-hybridized carbons (Fsp3) is 0.474. The molecule has 3 rings (SSSR count). The number of rotatable bonds is 6. The van der Waals surface area contributed by atoms with Gasteiger partial charge >= 0.3 is 0 Å². The van der Waals surface area contributed by atoms with E-state index in [1.165, 1.54) is 0 Å². The van der Waals surface area contributed by atoms with Crippen LogP contribution >= 0.6 is 12.4 Å². The predicted molar refractivity (Wildman–Crippen MR) is 104 cm³/mol. The normalized spacial score (nSPS) is 14.9. The van der Waals surface area contributed by atoms with Gasteiger partial charge in [-0.05, 0) is 50.9 Å². The molecule has 7 heteroatoms. The first-order valence-corrected chi connectivity index (χ1v) is 8.92. The van der Waals surface area contributed by atoms with Gasteiger partial charge in [0.15, 0.2) is 5.69 Å². The molecule has 1 amide bonds. The van der Waals surface area contributed by atoms with E-state index >= 15 is 0 Å². The fourth-order valence-corrected chi connectivity index (χ4v) is 3.13. The van der Waals surface area contributed by atoms with Crippen molar-refractivity contribution < 1.29 is 9.53 Å². The third-order valence-electron chi connectivity index (χ3n) is 4.54. The van der Waals surface area contributed by atoms with Gasteiger partial charge in [0.2, 0.25) is 0 Å². The number of benzene rings is 1. The molecule has 1 fully saturated rings. The number of nitrogens with two attached hydrogens (primary N) is 1. The van der Waals surface area contributed by atoms with Crippen molar-refractivity contribution in [2.24, 2.45) is 5.73 Å². The zero-order chi connectivity index (χ0) is 17.6. The number of carbonyl (C=O) groups is 1. The Hall–Kier alpha value is -1.89. The van der Waals surface area contributed by atoms with Crippen LogP contribution in [0.1, 0.15) is 35.4 Å². The number of piperidine rings is 1. The Labute approximate surface area is 160 Å². The zero-order valence-electron chi connectivity index (χ0n) is 15.1. The lowest BCUT2D eigenvalue weighted by molar-refractivity contribution is 0.00828. The molecule has 6 nitrogen and oxygen atoms in total. The molecule has 0 saturated carbocycles. The highest BCUT2D eigenvalue weighted by Crippen LogP contribution is 2.18. The summed E-state index contributed by atoms with van der Waals surface area (Å²) in [6.45, 7) is 4.75. The van der Waals surface area contributed by atoms with E-state index in [9.17, 15) is 4.79 Å². The van der Waals surface area contributed by atoms with Crippen LogP contribution in [0.3, 0.4) is 0 Å². The van der Waals surface area contributed by atoms with Crippen LogP contribution in [0.15, 0.2) is 36.4 Å². The summed E-state index contributed by atoms with van der Waals surface area (Å²) in [6, 6.07) is 11.7. The minimum absolute atomic E-state index is 0. The molecule has 1 aromatic heterocycles. The summed E-state index contributed by atoms with van der Waals surface area (Å²) in [5, 5.41) is 4.52. The SMILES string of the molecule is Cc1cc(C(=O)N2CCC(OCCCN)CC2)nn1-c1ccccc1.Cl. The van der Waals surface area contributed by atoms with Gasteiger partial charge in [0, 0.05) is 25.4 Å². The highest BCUT2D eigenvalue weighted by molar-refractivity contribution is 5.92. The summed E-state index contributed by atoms with van der Waals surface area (Å²) >= 11 is 0. The quantitative estimate of drug-likeness (QED) is 0.784. The third kappa shape index (κ3) is 4.84. The van der Waals surface area contributed by atoms with Gasteiger partial charge in [-0.2, -0.15) is 5.10 Å². The van der Waals surface area contributed by atoms with Crippen LogP contribution in [-0.2, 0) is 4.74 Å². The van der Waals surface area contributed by atoms with Gasteiger partial charge in [-0.3, -0.25) is 4.79 Å². The Morgan fingerprint density at radius 2 is 1.96 bits per heavy atom. The van der Waals surface area contributed by atoms with Gasteiger partial charge in [-0.15, -0.1) is 12.4 Å². The Kier molecular flexibility index (Phi) is 7.63. The molecule has 2 N–H and O–H groups in total. The molecule has 0 radical (unpaired) electrons. The highest BCUT2D eigenvalue weighted by Gasteiger charge is 2.25. The second-order valence-electron chi connectivity index (χ2n) is 6.42. The minimum Gasteiger partial charge on any atom is -0.378 e. The number of aryl methyl sites for hydroxylation is 1. The lowest BCUT2D eigenvalue weighted by Crippen LogP contribution is -2.41. The maximum atomic E-state index is 12.8. The van der Waals surface area contributed by atoms with Crippen molar-refractivity contribution in [2.45, 2.75) is 32.3 Å². The number of nitrogens with zero attached hydrogens (tertiary/aromatic N) is 3. The molecule has 0 unspecified atom stereocenters. The number of likely N-dealkylation sites (tertiary alicyclic amines) is 1. The van der Waals surface area contributed by atoms with Gasteiger partial charge < -0.3 is 15.4 Å². The molecule has 2 aromatic rings. The monoisotopic (exact) mass is 378 g/mol. The number of hydrogen-bond acceptors (Lipinski definition) is 4. The van der Waals surface area contributed by atoms with E-state index in [4.69, 9.17) is 10.5 Å². The lowest BCUT2D eigenvalue weighted by Gasteiger charge is -2.31. The van der Waals surface area contributed by atoms with Crippen molar-refractivity contribution in [1.29, 1.82) is 0 Å². The van der Waals surface area contributed by atoms with Crippen molar-refractivity contribution in [1.82, 2.24) is 14.7 Å². The molecule has 2 heterocycles. The van der Waals surface area contributed by atoms with Crippen molar-refractivity contribution >= 4 is 18.3 Å². The zero-order valence-corrected chi connectivity index (χ0v) is 16.0. The molecule has 142 valence electrons. The van der Waals surface area contributed by atoms with E-state index in [0.29, 0.717) is 31.9 Å². The Balaban J connectivity index is 0.00000243. The summed E-state index contributed by atoms with van der Waals surface area (Å²) in [5.74, 6) is -0.00168. The largest absolute Gasteiger partial charge is 0.378 e. The average Bonchev–Trinajstić information content (AvgIpc) is 3.04. The second kappa shape index (κ2) is 9.71. The summed E-state index contributed by atoms with van der Waals surface area (Å²) in [6.07, 6.45) is 2.86. The molecule has 26 heavy (non-hydrogen) atoms. The predicted octanol–water partition coefficient (Wildman–Crippen LogP) is 2.57. The van der Waals surface area contributed by atoms with Crippen LogP contribution in [0.5, 0.6) is 0 Å². The summed E-state index contributed by atoms with van der Waals surface area (Å²) in [5.41, 5.74) is 7.91. The maximum absolute atomic E-state index is 12.8. The van der Waals surface area contributed by atoms with Crippen LogP contribution in [0, 0.1) is 6.92 Å². The van der Waals surface area contributed by atoms with Crippen molar-refractivity contribution in [2.75, 3.05) is 26.2 Å². The van der Waals surface area contributed by atoms with Gasteiger partial charge in [0.25, 0.3) is 5.91 Å². The number of amides is 1. The van der Waals surface area contributed by atoms with Crippen LogP contribution in [0.25, 0.3) is 5.69 Å². The van der Waals surface area contributed by atoms with Crippen LogP contribution < -0.4 is 5.73 Å². The van der Waals surface area contributed by atoms with Gasteiger partial charge in [-0.1, -0.05) is 18.2 Å². The van der Waals surface area contributed by atoms with Crippen molar-refractivity contribution in [3.8, 4) is 5.69 Å². The van der Waals surface area contributed by atoms with E-state index in [-0.39, 0.29) is 24.4 Å². The lowest BCUT2D eigenvalue weighted by atomic mass is 10.1. The van der Waals surface area contributed by atoms with Gasteiger partial charge in [-0.25, -0.2) is 4.68 Å². The van der Waals surface area contributed by atoms with Crippen LogP contribution in [0.2, 0.25) is 0 Å². The first-order chi connectivity index (χ1) is 12.2. The van der Waals surface area contributed by atoms with E-state index in [1.807, 2.05) is 52.9 Å². The Morgan fingerprint density at radius 3 is 2.62 bits per heavy atom. The number of aromatic nitrogens is 2. The van der Waals surface area contributed by atoms with Gasteiger partial charge in [0.05, 0.1) is 11.8 Å². The Morgan fingerprint density at radius 1 is 1.27 bits per heavy atom. The number of halogens is 1. The molecule has 1 aromatic carbocycles. The topological polar surface area (TPSA) is 73.4 Å². The average molecular weight is 379 g/mol. The number of ether oxygens (including phenoxy) is 1. The molecular formula is C19H27ClN4O2. The number of hydrogen-bond donors (Lipinski definition) is 1. The fourth-order valence-electron chi connectivity index (χ4n) is 3.13. The van der Waals surface area contributed by atoms with E-state index in [2.05, 4.69) is 5.10 Å². The third-order valence-corrected chi connectivity index (χ3v) is 4.54. The summed E-state index contributed by atoms with van der Waals surface area (Å²) in [4.78, 5) is 14.6. The van der Waals surface area contributed by atoms with E-state index in [1.54, 1.807) is 0 Å². The number of carbonyl (C=O) groups excluding carboxylic acids is 1. The van der Waals surface area contributed by atoms with Crippen molar-refractivity contribution in [3.63, 3.8) is 0 Å². The Bertz CT molecular complexity index is 697. The maximum Gasteiger partial charge on any atom is 0.274 e. The van der Waals surface area contributed by atoms with E-state index in [0.717, 1.165) is 30.6 Å². The second-order valence-corrected chi connectivity index (χ2v) is 6.42. The highest BCUT2D eigenvalue weighted by atomic mass is 35.5. The van der Waals surface area contributed by atoms with Crippen LogP contribution in [-0.4, -0.2) is 52.9 Å². The van der Waals surface area contributed by atoms with Gasteiger partial charge in [0.1, 0.15) is 0 Å². The molecular weight excluding hydrogens is 352 g/mol. The molecule has 0 bridgehead atoms. The molecule has 0 aliphatic carbocycles. The standard InChI is InChI=1S/C19H26N4O2.ClH/c1-15-14-18(21-23(15)16-6-3-2-4-7-16)19(24)22-11-8-17(9-12-22)25-13-5-10-20;/h2-4,6-7,14,17H,5,8-13,20H2,1H3;1H. The van der Waals surface area contributed by atoms with E-state index < -0.39 is 0 Å². The molecule has 1 aliphatic rings. The molecule has 1 saturated heterocycles. The smallest absolute Gasteiger partial charge is 0.274 e.